The van der Waals surface area contributed by atoms with Crippen molar-refractivity contribution in [2.24, 2.45) is 0 Å². The lowest BCUT2D eigenvalue weighted by Gasteiger charge is -2.18. The average Bonchev–Trinajstić information content (AvgIpc) is 2.77. The third kappa shape index (κ3) is 4.12. The van der Waals surface area contributed by atoms with Gasteiger partial charge in [0.15, 0.2) is 0 Å². The molecule has 2 aromatic heterocycles. The van der Waals surface area contributed by atoms with Crippen molar-refractivity contribution in [1.29, 1.82) is 0 Å². The van der Waals surface area contributed by atoms with Crippen LogP contribution in [0.4, 0.5) is 15.8 Å². The highest BCUT2D eigenvalue weighted by Crippen LogP contribution is 2.25. The topological polar surface area (TPSA) is 58.1 Å². The van der Waals surface area contributed by atoms with Crippen LogP contribution in [0, 0.1) is 12.7 Å². The summed E-state index contributed by atoms with van der Waals surface area (Å²) in [7, 11) is 1.75. The largest absolute Gasteiger partial charge is 0.380 e. The van der Waals surface area contributed by atoms with Crippen LogP contribution in [0.3, 0.4) is 0 Å². The monoisotopic (exact) mass is 400 g/mol. The number of fused-ring (bicyclic) bond motifs is 1. The molecular formula is C24H21FN4O. The summed E-state index contributed by atoms with van der Waals surface area (Å²) >= 11 is 0. The third-order valence-corrected chi connectivity index (χ3v) is 4.94. The molecule has 1 N–H and O–H groups in total. The maximum absolute atomic E-state index is 13.7. The summed E-state index contributed by atoms with van der Waals surface area (Å²) < 4.78 is 13.7. The molecular weight excluding hydrogens is 379 g/mol. The zero-order valence-corrected chi connectivity index (χ0v) is 16.8. The Morgan fingerprint density at radius 3 is 2.50 bits per heavy atom. The molecule has 0 aliphatic heterocycles. The van der Waals surface area contributed by atoms with Gasteiger partial charge in [-0.05, 0) is 61.0 Å². The van der Waals surface area contributed by atoms with Gasteiger partial charge in [0.05, 0.1) is 5.52 Å². The summed E-state index contributed by atoms with van der Waals surface area (Å²) in [6.07, 6.45) is 3.21. The molecule has 2 aromatic carbocycles. The van der Waals surface area contributed by atoms with Crippen LogP contribution in [-0.4, -0.2) is 22.9 Å². The molecule has 0 aliphatic carbocycles. The van der Waals surface area contributed by atoms with Crippen molar-refractivity contribution in [2.45, 2.75) is 13.5 Å². The number of aromatic nitrogens is 2. The normalized spacial score (nSPS) is 10.8. The number of halogens is 1. The van der Waals surface area contributed by atoms with Crippen LogP contribution in [0.1, 0.15) is 21.6 Å². The Balaban J connectivity index is 1.49. The lowest BCUT2D eigenvalue weighted by molar-refractivity contribution is 0.0993. The summed E-state index contributed by atoms with van der Waals surface area (Å²) in [5.41, 5.74) is 4.89. The van der Waals surface area contributed by atoms with Crippen molar-refractivity contribution < 1.29 is 9.18 Å². The van der Waals surface area contributed by atoms with E-state index in [1.807, 2.05) is 37.3 Å². The highest BCUT2D eigenvalue weighted by atomic mass is 19.1. The van der Waals surface area contributed by atoms with E-state index in [9.17, 15) is 9.18 Å². The van der Waals surface area contributed by atoms with E-state index in [2.05, 4.69) is 15.3 Å². The molecule has 5 nitrogen and oxygen atoms in total. The maximum atomic E-state index is 13.7. The second-order valence-corrected chi connectivity index (χ2v) is 7.09. The van der Waals surface area contributed by atoms with Gasteiger partial charge in [0.2, 0.25) is 0 Å². The van der Waals surface area contributed by atoms with Gasteiger partial charge in [-0.15, -0.1) is 0 Å². The number of pyridine rings is 2. The van der Waals surface area contributed by atoms with Crippen molar-refractivity contribution in [3.05, 3.63) is 95.7 Å². The van der Waals surface area contributed by atoms with E-state index in [1.165, 1.54) is 12.1 Å². The molecule has 4 rings (SSSR count). The number of carbonyl (C=O) groups is 1. The second kappa shape index (κ2) is 8.29. The smallest absolute Gasteiger partial charge is 0.258 e. The minimum absolute atomic E-state index is 0.0935. The summed E-state index contributed by atoms with van der Waals surface area (Å²) in [5, 5.41) is 4.13. The van der Waals surface area contributed by atoms with Crippen molar-refractivity contribution in [3.63, 3.8) is 0 Å². The van der Waals surface area contributed by atoms with Gasteiger partial charge in [-0.3, -0.25) is 14.8 Å². The van der Waals surface area contributed by atoms with Crippen LogP contribution >= 0.6 is 0 Å². The first-order chi connectivity index (χ1) is 14.5. The van der Waals surface area contributed by atoms with Gasteiger partial charge in [0.1, 0.15) is 5.82 Å². The van der Waals surface area contributed by atoms with Crippen LogP contribution in [-0.2, 0) is 6.54 Å². The van der Waals surface area contributed by atoms with Crippen molar-refractivity contribution >= 4 is 28.2 Å². The number of nitrogens with zero attached hydrogens (tertiary/aromatic N) is 3. The highest BCUT2D eigenvalue weighted by molar-refractivity contribution is 6.05. The Labute approximate surface area is 174 Å². The molecule has 6 heteroatoms. The number of hydrogen-bond acceptors (Lipinski definition) is 4. The Kier molecular flexibility index (Phi) is 5.39. The summed E-state index contributed by atoms with van der Waals surface area (Å²) in [6.45, 7) is 2.48. The molecule has 4 aromatic rings. The minimum atomic E-state index is -0.289. The van der Waals surface area contributed by atoms with Crippen LogP contribution in [0.2, 0.25) is 0 Å². The molecule has 0 saturated heterocycles. The van der Waals surface area contributed by atoms with Gasteiger partial charge in [-0.2, -0.15) is 0 Å². The number of aryl methyl sites for hydroxylation is 1. The van der Waals surface area contributed by atoms with E-state index in [4.69, 9.17) is 0 Å². The number of rotatable bonds is 5. The Morgan fingerprint density at radius 1 is 1.03 bits per heavy atom. The quantitative estimate of drug-likeness (QED) is 0.514. The Bertz CT molecular complexity index is 1190. The third-order valence-electron chi connectivity index (χ3n) is 4.94. The van der Waals surface area contributed by atoms with Gasteiger partial charge in [0.25, 0.3) is 5.91 Å². The number of anilines is 2. The van der Waals surface area contributed by atoms with E-state index in [-0.39, 0.29) is 11.7 Å². The van der Waals surface area contributed by atoms with E-state index in [0.717, 1.165) is 33.5 Å². The minimum Gasteiger partial charge on any atom is -0.380 e. The molecule has 0 aliphatic rings. The van der Waals surface area contributed by atoms with Crippen molar-refractivity contribution in [3.8, 4) is 0 Å². The Morgan fingerprint density at radius 2 is 1.77 bits per heavy atom. The zero-order chi connectivity index (χ0) is 21.1. The fourth-order valence-corrected chi connectivity index (χ4v) is 3.32. The molecule has 0 bridgehead atoms. The summed E-state index contributed by atoms with van der Waals surface area (Å²) in [4.78, 5) is 22.6. The number of amides is 1. The predicted molar refractivity (Wildman–Crippen MR) is 117 cm³/mol. The van der Waals surface area contributed by atoms with Gasteiger partial charge in [-0.25, -0.2) is 4.39 Å². The standard InChI is InChI=1S/C24H21FN4O/c1-16-13-23(21-14-19(25)5-8-22(21)28-16)27-15-17-3-6-20(7-4-17)29(2)24(30)18-9-11-26-12-10-18/h3-14H,15H2,1-2H3,(H,27,28). The number of hydrogen-bond donors (Lipinski definition) is 1. The molecule has 0 spiro atoms. The second-order valence-electron chi connectivity index (χ2n) is 7.09. The van der Waals surface area contributed by atoms with Crippen LogP contribution in [0.5, 0.6) is 0 Å². The fraction of sp³-hybridized carbons (Fsp3) is 0.125. The number of nitrogens with one attached hydrogen (secondary N) is 1. The first-order valence-corrected chi connectivity index (χ1v) is 9.59. The lowest BCUT2D eigenvalue weighted by Crippen LogP contribution is -2.26. The molecule has 0 fully saturated rings. The van der Waals surface area contributed by atoms with Crippen molar-refractivity contribution in [2.75, 3.05) is 17.3 Å². The molecule has 0 unspecified atom stereocenters. The van der Waals surface area contributed by atoms with E-state index in [0.29, 0.717) is 12.1 Å². The summed E-state index contributed by atoms with van der Waals surface area (Å²) in [5.74, 6) is -0.383. The first kappa shape index (κ1) is 19.5. The highest BCUT2D eigenvalue weighted by Gasteiger charge is 2.13. The fourth-order valence-electron chi connectivity index (χ4n) is 3.32. The van der Waals surface area contributed by atoms with Gasteiger partial charge < -0.3 is 10.2 Å². The maximum Gasteiger partial charge on any atom is 0.258 e. The number of benzene rings is 2. The van der Waals surface area contributed by atoms with Crippen molar-refractivity contribution in [1.82, 2.24) is 9.97 Å². The molecule has 0 atom stereocenters. The molecule has 2 heterocycles. The lowest BCUT2D eigenvalue weighted by atomic mass is 10.1. The van der Waals surface area contributed by atoms with E-state index in [1.54, 1.807) is 42.5 Å². The molecule has 30 heavy (non-hydrogen) atoms. The predicted octanol–water partition coefficient (Wildman–Crippen LogP) is 4.97. The average molecular weight is 400 g/mol. The molecule has 1 amide bonds. The number of carbonyl (C=O) groups excluding carboxylic acids is 1. The zero-order valence-electron chi connectivity index (χ0n) is 16.8. The van der Waals surface area contributed by atoms with E-state index < -0.39 is 0 Å². The Hall–Kier alpha value is -3.80. The summed E-state index contributed by atoms with van der Waals surface area (Å²) in [6, 6.07) is 17.7. The van der Waals surface area contributed by atoms with E-state index >= 15 is 0 Å². The van der Waals surface area contributed by atoms with Crippen LogP contribution in [0.15, 0.2) is 73.1 Å². The molecule has 0 radical (unpaired) electrons. The van der Waals surface area contributed by atoms with Gasteiger partial charge in [0, 0.05) is 54.0 Å². The first-order valence-electron chi connectivity index (χ1n) is 9.59. The molecule has 0 saturated carbocycles. The SMILES string of the molecule is Cc1cc(NCc2ccc(N(C)C(=O)c3ccncc3)cc2)c2cc(F)ccc2n1. The molecule has 150 valence electrons. The van der Waals surface area contributed by atoms with Gasteiger partial charge in [-0.1, -0.05) is 12.1 Å². The van der Waals surface area contributed by atoms with Crippen LogP contribution < -0.4 is 10.2 Å². The van der Waals surface area contributed by atoms with Crippen LogP contribution in [0.25, 0.3) is 10.9 Å². The van der Waals surface area contributed by atoms with Gasteiger partial charge >= 0.3 is 0 Å².